The van der Waals surface area contributed by atoms with Gasteiger partial charge in [0, 0.05) is 25.4 Å². The molecule has 19 heavy (non-hydrogen) atoms. The van der Waals surface area contributed by atoms with Gasteiger partial charge in [0.1, 0.15) is 0 Å². The van der Waals surface area contributed by atoms with Crippen LogP contribution in [0, 0.1) is 13.8 Å². The fraction of sp³-hybridized carbons (Fsp3) is 0.286. The molecule has 0 aliphatic carbocycles. The molecule has 0 aliphatic heterocycles. The van der Waals surface area contributed by atoms with Crippen molar-refractivity contribution in [3.05, 3.63) is 41.2 Å². The van der Waals surface area contributed by atoms with Crippen LogP contribution in [-0.4, -0.2) is 14.8 Å². The summed E-state index contributed by atoms with van der Waals surface area (Å²) in [5.74, 6) is 0. The Kier molecular flexibility index (Phi) is 2.98. The molecular formula is C14H16N4S. The molecule has 3 aromatic rings. The lowest BCUT2D eigenvalue weighted by Crippen LogP contribution is -1.99. The number of nitrogens with one attached hydrogen (secondary N) is 1. The first-order valence-corrected chi connectivity index (χ1v) is 7.03. The molecule has 0 bridgehead atoms. The van der Waals surface area contributed by atoms with Gasteiger partial charge in [-0.1, -0.05) is 17.4 Å². The van der Waals surface area contributed by atoms with E-state index in [2.05, 4.69) is 40.5 Å². The molecule has 4 nitrogen and oxygen atoms in total. The van der Waals surface area contributed by atoms with Gasteiger partial charge in [0.05, 0.1) is 15.9 Å². The van der Waals surface area contributed by atoms with Crippen LogP contribution < -0.4 is 5.32 Å². The van der Waals surface area contributed by atoms with E-state index in [1.165, 1.54) is 15.8 Å². The molecular weight excluding hydrogens is 256 g/mol. The molecule has 0 saturated carbocycles. The Morgan fingerprint density at radius 3 is 2.89 bits per heavy atom. The summed E-state index contributed by atoms with van der Waals surface area (Å²) in [6, 6.07) is 6.34. The molecule has 0 aliphatic rings. The normalized spacial score (nSPS) is 11.1. The van der Waals surface area contributed by atoms with Crippen LogP contribution in [0.5, 0.6) is 0 Å². The Hall–Kier alpha value is -1.88. The average molecular weight is 272 g/mol. The zero-order chi connectivity index (χ0) is 13.4. The SMILES string of the molecule is Cc1ccc2nc(NCc3cn(C)nc3C)sc2c1. The Morgan fingerprint density at radius 2 is 2.16 bits per heavy atom. The van der Waals surface area contributed by atoms with Crippen LogP contribution in [0.1, 0.15) is 16.8 Å². The number of hydrogen-bond acceptors (Lipinski definition) is 4. The van der Waals surface area contributed by atoms with Crippen molar-refractivity contribution < 1.29 is 0 Å². The van der Waals surface area contributed by atoms with E-state index >= 15 is 0 Å². The summed E-state index contributed by atoms with van der Waals surface area (Å²) in [7, 11) is 1.94. The summed E-state index contributed by atoms with van der Waals surface area (Å²) in [4.78, 5) is 4.59. The van der Waals surface area contributed by atoms with E-state index in [1.54, 1.807) is 11.3 Å². The van der Waals surface area contributed by atoms with E-state index in [4.69, 9.17) is 0 Å². The summed E-state index contributed by atoms with van der Waals surface area (Å²) in [6.45, 7) is 4.89. The minimum absolute atomic E-state index is 0.762. The summed E-state index contributed by atoms with van der Waals surface area (Å²) in [6.07, 6.45) is 2.04. The van der Waals surface area contributed by atoms with Gasteiger partial charge in [0.2, 0.25) is 0 Å². The van der Waals surface area contributed by atoms with Crippen molar-refractivity contribution in [3.63, 3.8) is 0 Å². The van der Waals surface area contributed by atoms with Gasteiger partial charge in [0.15, 0.2) is 5.13 Å². The highest BCUT2D eigenvalue weighted by Gasteiger charge is 2.06. The maximum absolute atomic E-state index is 4.59. The minimum Gasteiger partial charge on any atom is -0.357 e. The third-order valence-electron chi connectivity index (χ3n) is 3.09. The molecule has 0 spiro atoms. The number of thiazole rings is 1. The van der Waals surface area contributed by atoms with Gasteiger partial charge in [-0.2, -0.15) is 5.10 Å². The van der Waals surface area contributed by atoms with Gasteiger partial charge in [-0.25, -0.2) is 4.98 Å². The van der Waals surface area contributed by atoms with Crippen LogP contribution in [0.25, 0.3) is 10.2 Å². The van der Waals surface area contributed by atoms with Gasteiger partial charge < -0.3 is 5.32 Å². The van der Waals surface area contributed by atoms with Crippen LogP contribution in [0.15, 0.2) is 24.4 Å². The van der Waals surface area contributed by atoms with Crippen LogP contribution in [0.4, 0.5) is 5.13 Å². The Labute approximate surface area is 116 Å². The molecule has 1 N–H and O–H groups in total. The molecule has 0 atom stereocenters. The van der Waals surface area contributed by atoms with Gasteiger partial charge in [-0.15, -0.1) is 0 Å². The Balaban J connectivity index is 1.80. The second-order valence-electron chi connectivity index (χ2n) is 4.76. The summed E-state index contributed by atoms with van der Waals surface area (Å²) in [5.41, 5.74) is 4.59. The highest BCUT2D eigenvalue weighted by molar-refractivity contribution is 7.22. The lowest BCUT2D eigenvalue weighted by Gasteiger charge is -1.99. The first-order valence-electron chi connectivity index (χ1n) is 6.22. The quantitative estimate of drug-likeness (QED) is 0.796. The summed E-state index contributed by atoms with van der Waals surface area (Å²) >= 11 is 1.69. The predicted molar refractivity (Wildman–Crippen MR) is 79.6 cm³/mol. The maximum atomic E-state index is 4.59. The Morgan fingerprint density at radius 1 is 1.32 bits per heavy atom. The highest BCUT2D eigenvalue weighted by Crippen LogP contribution is 2.27. The lowest BCUT2D eigenvalue weighted by molar-refractivity contribution is 0.756. The highest BCUT2D eigenvalue weighted by atomic mass is 32.1. The van der Waals surface area contributed by atoms with E-state index in [0.29, 0.717) is 0 Å². The number of aryl methyl sites for hydroxylation is 3. The lowest BCUT2D eigenvalue weighted by atomic mass is 10.2. The second kappa shape index (κ2) is 4.66. The molecule has 5 heteroatoms. The molecule has 98 valence electrons. The van der Waals surface area contributed by atoms with Crippen molar-refractivity contribution in [2.75, 3.05) is 5.32 Å². The van der Waals surface area contributed by atoms with Gasteiger partial charge in [0.25, 0.3) is 0 Å². The third-order valence-corrected chi connectivity index (χ3v) is 4.07. The number of nitrogens with zero attached hydrogens (tertiary/aromatic N) is 3. The van der Waals surface area contributed by atoms with Crippen molar-refractivity contribution in [3.8, 4) is 0 Å². The number of anilines is 1. The number of hydrogen-bond donors (Lipinski definition) is 1. The smallest absolute Gasteiger partial charge is 0.184 e. The van der Waals surface area contributed by atoms with E-state index in [0.717, 1.165) is 22.9 Å². The molecule has 0 fully saturated rings. The molecule has 0 saturated heterocycles. The summed E-state index contributed by atoms with van der Waals surface area (Å²) < 4.78 is 3.07. The van der Waals surface area contributed by atoms with Crippen LogP contribution in [-0.2, 0) is 13.6 Å². The monoisotopic (exact) mass is 272 g/mol. The number of benzene rings is 1. The first-order chi connectivity index (χ1) is 9.11. The molecule has 3 rings (SSSR count). The standard InChI is InChI=1S/C14H16N4S/c1-9-4-5-12-13(6-9)19-14(16-12)15-7-11-8-18(3)17-10(11)2/h4-6,8H,7H2,1-3H3,(H,15,16). The van der Waals surface area contributed by atoms with Crippen molar-refractivity contribution in [2.45, 2.75) is 20.4 Å². The zero-order valence-electron chi connectivity index (χ0n) is 11.3. The van der Waals surface area contributed by atoms with E-state index in [-0.39, 0.29) is 0 Å². The molecule has 0 unspecified atom stereocenters. The van der Waals surface area contributed by atoms with Crippen molar-refractivity contribution in [1.82, 2.24) is 14.8 Å². The molecule has 0 amide bonds. The number of aromatic nitrogens is 3. The average Bonchev–Trinajstić information content (AvgIpc) is 2.89. The predicted octanol–water partition coefficient (Wildman–Crippen LogP) is 3.26. The first kappa shape index (κ1) is 12.2. The molecule has 2 heterocycles. The van der Waals surface area contributed by atoms with Crippen LogP contribution >= 0.6 is 11.3 Å². The summed E-state index contributed by atoms with van der Waals surface area (Å²) in [5, 5.41) is 8.68. The van der Waals surface area contributed by atoms with E-state index in [9.17, 15) is 0 Å². The van der Waals surface area contributed by atoms with Crippen molar-refractivity contribution >= 4 is 26.7 Å². The largest absolute Gasteiger partial charge is 0.357 e. The van der Waals surface area contributed by atoms with Crippen LogP contribution in [0.3, 0.4) is 0 Å². The number of fused-ring (bicyclic) bond motifs is 1. The Bertz CT molecular complexity index is 726. The van der Waals surface area contributed by atoms with E-state index in [1.807, 2.05) is 24.9 Å². The van der Waals surface area contributed by atoms with E-state index < -0.39 is 0 Å². The third kappa shape index (κ3) is 2.46. The van der Waals surface area contributed by atoms with Crippen molar-refractivity contribution in [2.24, 2.45) is 7.05 Å². The second-order valence-corrected chi connectivity index (χ2v) is 5.79. The molecule has 2 aromatic heterocycles. The topological polar surface area (TPSA) is 42.7 Å². The van der Waals surface area contributed by atoms with Crippen molar-refractivity contribution in [1.29, 1.82) is 0 Å². The fourth-order valence-electron chi connectivity index (χ4n) is 2.10. The molecule has 1 aromatic carbocycles. The molecule has 0 radical (unpaired) electrons. The van der Waals surface area contributed by atoms with Crippen LogP contribution in [0.2, 0.25) is 0 Å². The van der Waals surface area contributed by atoms with Gasteiger partial charge in [-0.05, 0) is 31.5 Å². The fourth-order valence-corrected chi connectivity index (χ4v) is 3.06. The zero-order valence-corrected chi connectivity index (χ0v) is 12.1. The maximum Gasteiger partial charge on any atom is 0.184 e. The van der Waals surface area contributed by atoms with Gasteiger partial charge in [-0.3, -0.25) is 4.68 Å². The number of rotatable bonds is 3. The van der Waals surface area contributed by atoms with Gasteiger partial charge >= 0.3 is 0 Å². The minimum atomic E-state index is 0.762.